The van der Waals surface area contributed by atoms with Crippen LogP contribution in [-0.4, -0.2) is 21.8 Å². The maximum absolute atomic E-state index is 11.5. The molecule has 120 valence electrons. The monoisotopic (exact) mass is 304 g/mol. The molecular weight excluding hydrogens is 280 g/mol. The van der Waals surface area contributed by atoms with Crippen LogP contribution in [-0.2, 0) is 0 Å². The van der Waals surface area contributed by atoms with Gasteiger partial charge >= 0.3 is 5.97 Å². The highest BCUT2D eigenvalue weighted by Gasteiger charge is 2.41. The van der Waals surface area contributed by atoms with Crippen LogP contribution in [0.25, 0.3) is 0 Å². The molecule has 4 nitrogen and oxygen atoms in total. The van der Waals surface area contributed by atoms with E-state index in [1.807, 2.05) is 6.92 Å². The molecule has 1 atom stereocenters. The van der Waals surface area contributed by atoms with Gasteiger partial charge in [-0.25, -0.2) is 4.79 Å². The van der Waals surface area contributed by atoms with Crippen LogP contribution < -0.4 is 4.74 Å². The Morgan fingerprint density at radius 2 is 1.95 bits per heavy atom. The first-order valence-electron chi connectivity index (χ1n) is 7.48. The minimum Gasteiger partial charge on any atom is -0.508 e. The molecule has 0 spiro atoms. The number of carboxylic acids is 1. The smallest absolute Gasteiger partial charge is 0.339 e. The summed E-state index contributed by atoms with van der Waals surface area (Å²) in [5, 5.41) is 19.2. The lowest BCUT2D eigenvalue weighted by Gasteiger charge is -2.44. The zero-order valence-electron chi connectivity index (χ0n) is 13.7. The highest BCUT2D eigenvalue weighted by atomic mass is 16.5. The Hall–Kier alpha value is -1.97. The van der Waals surface area contributed by atoms with Gasteiger partial charge in [0.25, 0.3) is 0 Å². The first kappa shape index (κ1) is 16.4. The summed E-state index contributed by atoms with van der Waals surface area (Å²) in [6.07, 6.45) is 2.64. The van der Waals surface area contributed by atoms with Crippen LogP contribution in [0.3, 0.4) is 0 Å². The van der Waals surface area contributed by atoms with Gasteiger partial charge in [-0.1, -0.05) is 20.4 Å². The summed E-state index contributed by atoms with van der Waals surface area (Å²) in [7, 11) is 0. The molecule has 2 N–H and O–H groups in total. The number of benzene rings is 1. The third kappa shape index (κ3) is 3.11. The molecule has 0 saturated heterocycles. The third-order valence-electron chi connectivity index (χ3n) is 4.50. The van der Waals surface area contributed by atoms with E-state index < -0.39 is 11.6 Å². The molecule has 1 aromatic rings. The van der Waals surface area contributed by atoms with Crippen molar-refractivity contribution in [2.75, 3.05) is 0 Å². The van der Waals surface area contributed by atoms with Crippen molar-refractivity contribution >= 4 is 5.97 Å². The molecule has 2 rings (SSSR count). The predicted octanol–water partition coefficient (Wildman–Crippen LogP) is 4.30. The summed E-state index contributed by atoms with van der Waals surface area (Å²) in [4.78, 5) is 11.5. The van der Waals surface area contributed by atoms with Gasteiger partial charge in [-0.05, 0) is 55.7 Å². The van der Waals surface area contributed by atoms with Crippen LogP contribution in [0, 0.1) is 12.3 Å². The summed E-state index contributed by atoms with van der Waals surface area (Å²) >= 11 is 0. The number of carboxylic acid groups (broad SMARTS) is 1. The predicted molar refractivity (Wildman–Crippen MR) is 85.6 cm³/mol. The molecule has 1 aliphatic rings. The highest BCUT2D eigenvalue weighted by Crippen LogP contribution is 2.46. The molecule has 1 saturated carbocycles. The van der Waals surface area contributed by atoms with Crippen LogP contribution in [0.1, 0.15) is 56.0 Å². The second kappa shape index (κ2) is 5.34. The van der Waals surface area contributed by atoms with Gasteiger partial charge in [0.15, 0.2) is 0 Å². The van der Waals surface area contributed by atoms with E-state index in [0.29, 0.717) is 5.56 Å². The van der Waals surface area contributed by atoms with Crippen molar-refractivity contribution < 1.29 is 19.7 Å². The highest BCUT2D eigenvalue weighted by molar-refractivity contribution is 5.93. The first-order chi connectivity index (χ1) is 10.0. The first-order valence-corrected chi connectivity index (χ1v) is 7.48. The van der Waals surface area contributed by atoms with Gasteiger partial charge in [-0.15, -0.1) is 0 Å². The molecule has 1 aromatic carbocycles. The molecule has 22 heavy (non-hydrogen) atoms. The minimum absolute atomic E-state index is 0.00165. The van der Waals surface area contributed by atoms with Crippen LogP contribution in [0.15, 0.2) is 24.3 Å². The largest absolute Gasteiger partial charge is 0.508 e. The average molecular weight is 304 g/mol. The Balaban J connectivity index is 2.45. The van der Waals surface area contributed by atoms with Crippen molar-refractivity contribution in [1.82, 2.24) is 0 Å². The summed E-state index contributed by atoms with van der Waals surface area (Å²) in [5.41, 5.74) is 1.00. The van der Waals surface area contributed by atoms with E-state index >= 15 is 0 Å². The van der Waals surface area contributed by atoms with E-state index in [9.17, 15) is 15.0 Å². The topological polar surface area (TPSA) is 66.8 Å². The maximum atomic E-state index is 11.5. The van der Waals surface area contributed by atoms with E-state index in [2.05, 4.69) is 20.4 Å². The van der Waals surface area contributed by atoms with Gasteiger partial charge in [-0.2, -0.15) is 0 Å². The maximum Gasteiger partial charge on any atom is 0.339 e. The second-order valence-electron chi connectivity index (χ2n) is 7.22. The number of carbonyl (C=O) groups is 1. The van der Waals surface area contributed by atoms with E-state index in [-0.39, 0.29) is 22.5 Å². The van der Waals surface area contributed by atoms with Crippen molar-refractivity contribution in [3.05, 3.63) is 35.4 Å². The molecule has 0 amide bonds. The van der Waals surface area contributed by atoms with E-state index in [1.54, 1.807) is 6.92 Å². The Labute approximate surface area is 131 Å². The fourth-order valence-electron chi connectivity index (χ4n) is 3.32. The lowest BCUT2D eigenvalue weighted by atomic mass is 9.68. The molecule has 4 heteroatoms. The summed E-state index contributed by atoms with van der Waals surface area (Å²) in [5.74, 6) is -0.857. The number of ether oxygens (including phenoxy) is 1. The number of rotatable bonds is 3. The van der Waals surface area contributed by atoms with Crippen LogP contribution >= 0.6 is 0 Å². The number of aromatic hydroxyl groups is 1. The average Bonchev–Trinajstić information content (AvgIpc) is 2.32. The molecule has 1 unspecified atom stereocenters. The summed E-state index contributed by atoms with van der Waals surface area (Å²) in [6.45, 7) is 12.1. The standard InChI is InChI=1S/C18H24O4/c1-11-8-13(19)9-14(15(11)16(20)21)22-18(5)10-17(3,4)7-6-12(18)2/h8-9,19H,2,6-7,10H2,1,3-5H3,(H,20,21). The molecule has 1 fully saturated rings. The van der Waals surface area contributed by atoms with Crippen molar-refractivity contribution in [1.29, 1.82) is 0 Å². The van der Waals surface area contributed by atoms with Gasteiger partial charge in [0.1, 0.15) is 22.7 Å². The van der Waals surface area contributed by atoms with Crippen LogP contribution in [0.5, 0.6) is 11.5 Å². The molecule has 0 radical (unpaired) electrons. The Kier molecular flexibility index (Phi) is 3.98. The van der Waals surface area contributed by atoms with Gasteiger partial charge in [0.05, 0.1) is 0 Å². The molecular formula is C18H24O4. The number of phenolic OH excluding ortho intramolecular Hbond substituents is 1. The van der Waals surface area contributed by atoms with Gasteiger partial charge < -0.3 is 14.9 Å². The van der Waals surface area contributed by atoms with Crippen molar-refractivity contribution in [2.24, 2.45) is 5.41 Å². The Morgan fingerprint density at radius 3 is 2.55 bits per heavy atom. The van der Waals surface area contributed by atoms with Gasteiger partial charge in [0.2, 0.25) is 0 Å². The summed E-state index contributed by atoms with van der Waals surface area (Å²) < 4.78 is 6.10. The third-order valence-corrected chi connectivity index (χ3v) is 4.50. The van der Waals surface area contributed by atoms with E-state index in [0.717, 1.165) is 24.8 Å². The SMILES string of the molecule is C=C1CCC(C)(C)CC1(C)Oc1cc(O)cc(C)c1C(=O)O. The number of hydrogen-bond donors (Lipinski definition) is 2. The number of hydrogen-bond acceptors (Lipinski definition) is 3. The Morgan fingerprint density at radius 1 is 1.32 bits per heavy atom. The number of aryl methyl sites for hydroxylation is 1. The van der Waals surface area contributed by atoms with Gasteiger partial charge in [0, 0.05) is 6.07 Å². The number of aromatic carboxylic acids is 1. The molecule has 0 heterocycles. The van der Waals surface area contributed by atoms with E-state index in [4.69, 9.17) is 4.74 Å². The number of phenols is 1. The fourth-order valence-corrected chi connectivity index (χ4v) is 3.32. The van der Waals surface area contributed by atoms with Crippen molar-refractivity contribution in [2.45, 2.75) is 52.6 Å². The quantitative estimate of drug-likeness (QED) is 0.817. The molecule has 0 aromatic heterocycles. The zero-order valence-corrected chi connectivity index (χ0v) is 13.7. The van der Waals surface area contributed by atoms with Gasteiger partial charge in [-0.3, -0.25) is 0 Å². The fraction of sp³-hybridized carbons (Fsp3) is 0.500. The molecule has 0 bridgehead atoms. The Bertz CT molecular complexity index is 630. The van der Waals surface area contributed by atoms with Crippen LogP contribution in [0.2, 0.25) is 0 Å². The van der Waals surface area contributed by atoms with Crippen LogP contribution in [0.4, 0.5) is 0 Å². The lowest BCUT2D eigenvalue weighted by Crippen LogP contribution is -2.43. The second-order valence-corrected chi connectivity index (χ2v) is 7.22. The molecule has 1 aliphatic carbocycles. The van der Waals surface area contributed by atoms with Crippen molar-refractivity contribution in [3.8, 4) is 11.5 Å². The normalized spacial score (nSPS) is 24.1. The summed E-state index contributed by atoms with van der Waals surface area (Å²) in [6, 6.07) is 2.80. The molecule has 0 aliphatic heterocycles. The van der Waals surface area contributed by atoms with Crippen molar-refractivity contribution in [3.63, 3.8) is 0 Å². The van der Waals surface area contributed by atoms with E-state index in [1.165, 1.54) is 12.1 Å². The zero-order chi connectivity index (χ0) is 16.7. The minimum atomic E-state index is -1.06. The lowest BCUT2D eigenvalue weighted by molar-refractivity contribution is 0.0415.